The fraction of sp³-hybridized carbons (Fsp3) is 0.417. The molecule has 0 amide bonds. The van der Waals surface area contributed by atoms with Gasteiger partial charge in [-0.05, 0) is 30.5 Å². The van der Waals surface area contributed by atoms with Crippen molar-refractivity contribution in [1.82, 2.24) is 0 Å². The van der Waals surface area contributed by atoms with Gasteiger partial charge in [0.1, 0.15) is 11.6 Å². The molecule has 1 aromatic rings. The van der Waals surface area contributed by atoms with E-state index in [1.807, 2.05) is 0 Å². The van der Waals surface area contributed by atoms with Gasteiger partial charge >= 0.3 is 6.18 Å². The quantitative estimate of drug-likeness (QED) is 0.691. The summed E-state index contributed by atoms with van der Waals surface area (Å²) in [5.41, 5.74) is -1.03. The van der Waals surface area contributed by atoms with E-state index in [9.17, 15) is 22.4 Å². The molecule has 0 aliphatic heterocycles. The van der Waals surface area contributed by atoms with E-state index in [1.165, 1.54) is 6.07 Å². The van der Waals surface area contributed by atoms with E-state index in [0.29, 0.717) is 19.3 Å². The van der Waals surface area contributed by atoms with E-state index >= 15 is 0 Å². The highest BCUT2D eigenvalue weighted by atomic mass is 19.4. The number of rotatable bonds is 1. The molecule has 0 saturated heterocycles. The van der Waals surface area contributed by atoms with Crippen LogP contribution in [0.4, 0.5) is 17.6 Å². The number of hydrogen-bond donors (Lipinski definition) is 0. The van der Waals surface area contributed by atoms with Crippen LogP contribution in [0.15, 0.2) is 18.2 Å². The standard InChI is InChI=1S/C12H10F4O/c13-10-5-4-7(6-9(10)12(14,15)16)8-2-1-3-11(8)17/h4-6,8H,1-3H2. The lowest BCUT2D eigenvalue weighted by atomic mass is 9.95. The molecule has 1 aliphatic carbocycles. The zero-order valence-corrected chi connectivity index (χ0v) is 8.85. The molecule has 1 aliphatic rings. The topological polar surface area (TPSA) is 17.1 Å². The maximum Gasteiger partial charge on any atom is 0.419 e. The molecular weight excluding hydrogens is 236 g/mol. The number of benzene rings is 1. The molecule has 1 unspecified atom stereocenters. The summed E-state index contributed by atoms with van der Waals surface area (Å²) in [5.74, 6) is -1.87. The third-order valence-electron chi connectivity index (χ3n) is 3.00. The highest BCUT2D eigenvalue weighted by molar-refractivity contribution is 5.87. The smallest absolute Gasteiger partial charge is 0.299 e. The van der Waals surface area contributed by atoms with E-state index in [1.54, 1.807) is 0 Å². The summed E-state index contributed by atoms with van der Waals surface area (Å²) < 4.78 is 50.5. The second kappa shape index (κ2) is 4.13. The second-order valence-electron chi connectivity index (χ2n) is 4.15. The lowest BCUT2D eigenvalue weighted by Crippen LogP contribution is -2.11. The molecule has 0 radical (unpaired) electrons. The molecule has 1 atom stereocenters. The Bertz CT molecular complexity index is 450. The molecule has 2 rings (SSSR count). The van der Waals surface area contributed by atoms with Crippen LogP contribution in [0.3, 0.4) is 0 Å². The van der Waals surface area contributed by atoms with Crippen LogP contribution in [0, 0.1) is 5.82 Å². The van der Waals surface area contributed by atoms with Crippen LogP contribution in [-0.4, -0.2) is 5.78 Å². The minimum Gasteiger partial charge on any atom is -0.299 e. The summed E-state index contributed by atoms with van der Waals surface area (Å²) in [6.45, 7) is 0. The first-order valence-electron chi connectivity index (χ1n) is 5.29. The predicted octanol–water partition coefficient (Wildman–Crippen LogP) is 3.68. The first kappa shape index (κ1) is 12.1. The Kier molecular flexibility index (Phi) is 2.93. The van der Waals surface area contributed by atoms with Crippen molar-refractivity contribution in [3.05, 3.63) is 35.1 Å². The highest BCUT2D eigenvalue weighted by Gasteiger charge is 2.35. The van der Waals surface area contributed by atoms with E-state index in [0.717, 1.165) is 12.1 Å². The van der Waals surface area contributed by atoms with E-state index < -0.39 is 23.5 Å². The molecular formula is C12H10F4O. The number of halogens is 4. The van der Waals surface area contributed by atoms with Crippen LogP contribution in [0.1, 0.15) is 36.3 Å². The highest BCUT2D eigenvalue weighted by Crippen LogP contribution is 2.36. The van der Waals surface area contributed by atoms with Crippen molar-refractivity contribution in [3.63, 3.8) is 0 Å². The molecule has 1 fully saturated rings. The van der Waals surface area contributed by atoms with Gasteiger partial charge in [-0.1, -0.05) is 6.07 Å². The van der Waals surface area contributed by atoms with E-state index in [2.05, 4.69) is 0 Å². The minimum absolute atomic E-state index is 0.0651. The Labute approximate surface area is 95.4 Å². The van der Waals surface area contributed by atoms with Crippen molar-refractivity contribution < 1.29 is 22.4 Å². The zero-order valence-electron chi connectivity index (χ0n) is 8.85. The maximum absolute atomic E-state index is 13.0. The normalized spacial score (nSPS) is 20.9. The summed E-state index contributed by atoms with van der Waals surface area (Å²) in [5, 5.41) is 0. The first-order valence-corrected chi connectivity index (χ1v) is 5.29. The lowest BCUT2D eigenvalue weighted by molar-refractivity contribution is -0.140. The van der Waals surface area contributed by atoms with Crippen LogP contribution in [0.2, 0.25) is 0 Å². The fourth-order valence-corrected chi connectivity index (χ4v) is 2.15. The van der Waals surface area contributed by atoms with Gasteiger partial charge in [0, 0.05) is 12.3 Å². The molecule has 92 valence electrons. The molecule has 17 heavy (non-hydrogen) atoms. The van der Waals surface area contributed by atoms with Crippen LogP contribution >= 0.6 is 0 Å². The number of carbonyl (C=O) groups is 1. The predicted molar refractivity (Wildman–Crippen MR) is 53.0 cm³/mol. The number of Topliss-reactive ketones (excluding diaryl/α,β-unsaturated/α-hetero) is 1. The van der Waals surface area contributed by atoms with Gasteiger partial charge < -0.3 is 0 Å². The van der Waals surface area contributed by atoms with Gasteiger partial charge in [0.2, 0.25) is 0 Å². The third kappa shape index (κ3) is 2.33. The van der Waals surface area contributed by atoms with E-state index in [-0.39, 0.29) is 11.3 Å². The first-order chi connectivity index (χ1) is 7.89. The molecule has 0 heterocycles. The number of alkyl halides is 3. The number of carbonyl (C=O) groups excluding carboxylic acids is 1. The van der Waals surface area contributed by atoms with Gasteiger partial charge in [-0.15, -0.1) is 0 Å². The van der Waals surface area contributed by atoms with Crippen molar-refractivity contribution in [2.75, 3.05) is 0 Å². The number of ketones is 1. The van der Waals surface area contributed by atoms with Gasteiger partial charge in [0.15, 0.2) is 0 Å². The molecule has 0 aromatic heterocycles. The Morgan fingerprint density at radius 1 is 1.24 bits per heavy atom. The van der Waals surface area contributed by atoms with E-state index in [4.69, 9.17) is 0 Å². The van der Waals surface area contributed by atoms with Crippen LogP contribution in [0.5, 0.6) is 0 Å². The van der Waals surface area contributed by atoms with Crippen molar-refractivity contribution in [3.8, 4) is 0 Å². The Morgan fingerprint density at radius 2 is 1.94 bits per heavy atom. The largest absolute Gasteiger partial charge is 0.419 e. The molecule has 0 bridgehead atoms. The van der Waals surface area contributed by atoms with Crippen molar-refractivity contribution >= 4 is 5.78 Å². The summed E-state index contributed by atoms with van der Waals surface area (Å²) in [7, 11) is 0. The maximum atomic E-state index is 13.0. The van der Waals surface area contributed by atoms with Crippen molar-refractivity contribution in [1.29, 1.82) is 0 Å². The molecule has 5 heteroatoms. The van der Waals surface area contributed by atoms with Gasteiger partial charge in [0.25, 0.3) is 0 Å². The molecule has 1 nitrogen and oxygen atoms in total. The Hall–Kier alpha value is -1.39. The Balaban J connectivity index is 2.41. The number of hydrogen-bond acceptors (Lipinski definition) is 1. The SMILES string of the molecule is O=C1CCCC1c1ccc(F)c(C(F)(F)F)c1. The summed E-state index contributed by atoms with van der Waals surface area (Å²) in [4.78, 5) is 11.4. The van der Waals surface area contributed by atoms with Gasteiger partial charge in [-0.3, -0.25) is 4.79 Å². The van der Waals surface area contributed by atoms with Crippen LogP contribution in [0.25, 0.3) is 0 Å². The average molecular weight is 246 g/mol. The van der Waals surface area contributed by atoms with Gasteiger partial charge in [0.05, 0.1) is 5.56 Å². The molecule has 0 N–H and O–H groups in total. The summed E-state index contributed by atoms with van der Waals surface area (Å²) >= 11 is 0. The van der Waals surface area contributed by atoms with Crippen LogP contribution < -0.4 is 0 Å². The Morgan fingerprint density at radius 3 is 2.47 bits per heavy atom. The third-order valence-corrected chi connectivity index (χ3v) is 3.00. The second-order valence-corrected chi connectivity index (χ2v) is 4.15. The average Bonchev–Trinajstić information content (AvgIpc) is 2.63. The van der Waals surface area contributed by atoms with Gasteiger partial charge in [-0.2, -0.15) is 13.2 Å². The van der Waals surface area contributed by atoms with Crippen molar-refractivity contribution in [2.24, 2.45) is 0 Å². The van der Waals surface area contributed by atoms with Gasteiger partial charge in [-0.25, -0.2) is 4.39 Å². The fourth-order valence-electron chi connectivity index (χ4n) is 2.15. The molecule has 1 saturated carbocycles. The molecule has 0 spiro atoms. The minimum atomic E-state index is -4.72. The summed E-state index contributed by atoms with van der Waals surface area (Å²) in [6.07, 6.45) is -3.10. The summed E-state index contributed by atoms with van der Waals surface area (Å²) in [6, 6.07) is 2.80. The zero-order chi connectivity index (χ0) is 12.6. The lowest BCUT2D eigenvalue weighted by Gasteiger charge is -2.13. The molecule has 1 aromatic carbocycles. The van der Waals surface area contributed by atoms with Crippen LogP contribution in [-0.2, 0) is 11.0 Å². The monoisotopic (exact) mass is 246 g/mol. The van der Waals surface area contributed by atoms with Crippen molar-refractivity contribution in [2.45, 2.75) is 31.4 Å².